The van der Waals surface area contributed by atoms with Crippen molar-refractivity contribution in [2.45, 2.75) is 16.5 Å². The van der Waals surface area contributed by atoms with Gasteiger partial charge in [0, 0.05) is 35.6 Å². The molecular formula is C10H10N4S. The summed E-state index contributed by atoms with van der Waals surface area (Å²) >= 11 is 1.55. The molecule has 0 atom stereocenters. The lowest BCUT2D eigenvalue weighted by atomic mass is 10.3. The fraction of sp³-hybridized carbons (Fsp3) is 0.100. The average molecular weight is 218 g/mol. The summed E-state index contributed by atoms with van der Waals surface area (Å²) in [4.78, 5) is 5.04. The van der Waals surface area contributed by atoms with E-state index in [1.807, 2.05) is 18.2 Å². The van der Waals surface area contributed by atoms with Gasteiger partial charge in [0.2, 0.25) is 0 Å². The van der Waals surface area contributed by atoms with Crippen LogP contribution in [-0.2, 0) is 6.54 Å². The Kier molecular flexibility index (Phi) is 3.26. The first-order valence-electron chi connectivity index (χ1n) is 4.48. The molecule has 0 saturated heterocycles. The van der Waals surface area contributed by atoms with E-state index < -0.39 is 0 Å². The molecule has 0 saturated carbocycles. The molecule has 2 aromatic heterocycles. The quantitative estimate of drug-likeness (QED) is 0.845. The Morgan fingerprint density at radius 3 is 2.67 bits per heavy atom. The van der Waals surface area contributed by atoms with Gasteiger partial charge in [0.05, 0.1) is 0 Å². The first kappa shape index (κ1) is 10.1. The van der Waals surface area contributed by atoms with Crippen molar-refractivity contribution in [2.24, 2.45) is 5.73 Å². The van der Waals surface area contributed by atoms with Crippen LogP contribution in [0.1, 0.15) is 5.56 Å². The van der Waals surface area contributed by atoms with Crippen molar-refractivity contribution < 1.29 is 0 Å². The molecular weight excluding hydrogens is 208 g/mol. The molecule has 0 spiro atoms. The second kappa shape index (κ2) is 4.86. The number of rotatable bonds is 3. The maximum atomic E-state index is 5.61. The summed E-state index contributed by atoms with van der Waals surface area (Å²) in [6, 6.07) is 5.75. The van der Waals surface area contributed by atoms with Gasteiger partial charge in [-0.3, -0.25) is 4.98 Å². The van der Waals surface area contributed by atoms with E-state index in [1.165, 1.54) is 0 Å². The number of nitrogens with two attached hydrogens (primary N) is 1. The zero-order valence-electron chi connectivity index (χ0n) is 8.00. The Balaban J connectivity index is 2.24. The van der Waals surface area contributed by atoms with E-state index in [1.54, 1.807) is 30.4 Å². The number of nitrogens with zero attached hydrogens (tertiary/aromatic N) is 3. The van der Waals surface area contributed by atoms with Gasteiger partial charge < -0.3 is 5.73 Å². The van der Waals surface area contributed by atoms with Gasteiger partial charge in [-0.2, -0.15) is 5.10 Å². The Hall–Kier alpha value is -1.46. The highest BCUT2D eigenvalue weighted by atomic mass is 32.2. The Labute approximate surface area is 91.9 Å². The first-order valence-corrected chi connectivity index (χ1v) is 5.30. The zero-order chi connectivity index (χ0) is 10.5. The van der Waals surface area contributed by atoms with Crippen molar-refractivity contribution in [3.05, 3.63) is 42.4 Å². The van der Waals surface area contributed by atoms with E-state index in [9.17, 15) is 0 Å². The van der Waals surface area contributed by atoms with E-state index in [4.69, 9.17) is 5.73 Å². The third kappa shape index (κ3) is 2.51. The minimum atomic E-state index is 0.475. The second-order valence-corrected chi connectivity index (χ2v) is 3.91. The van der Waals surface area contributed by atoms with Crippen molar-refractivity contribution >= 4 is 11.8 Å². The van der Waals surface area contributed by atoms with Crippen LogP contribution in [0.2, 0.25) is 0 Å². The van der Waals surface area contributed by atoms with E-state index in [0.29, 0.717) is 6.54 Å². The van der Waals surface area contributed by atoms with Crippen molar-refractivity contribution in [3.8, 4) is 0 Å². The van der Waals surface area contributed by atoms with Crippen LogP contribution in [0.3, 0.4) is 0 Å². The molecule has 0 aliphatic carbocycles. The summed E-state index contributed by atoms with van der Waals surface area (Å²) in [7, 11) is 0. The lowest BCUT2D eigenvalue weighted by molar-refractivity contribution is 0.866. The van der Waals surface area contributed by atoms with Crippen LogP contribution in [-0.4, -0.2) is 15.2 Å². The van der Waals surface area contributed by atoms with Gasteiger partial charge in [-0.05, 0) is 18.2 Å². The van der Waals surface area contributed by atoms with Gasteiger partial charge in [-0.1, -0.05) is 11.8 Å². The maximum Gasteiger partial charge on any atom is 0.128 e. The van der Waals surface area contributed by atoms with Crippen molar-refractivity contribution in [1.29, 1.82) is 0 Å². The molecule has 5 heteroatoms. The molecule has 76 valence electrons. The molecule has 0 bridgehead atoms. The largest absolute Gasteiger partial charge is 0.326 e. The highest BCUT2D eigenvalue weighted by Crippen LogP contribution is 2.26. The smallest absolute Gasteiger partial charge is 0.128 e. The van der Waals surface area contributed by atoms with Gasteiger partial charge >= 0.3 is 0 Å². The molecule has 15 heavy (non-hydrogen) atoms. The van der Waals surface area contributed by atoms with Gasteiger partial charge in [-0.25, -0.2) is 0 Å². The molecule has 2 heterocycles. The first-order chi connectivity index (χ1) is 7.40. The second-order valence-electron chi connectivity index (χ2n) is 2.85. The monoisotopic (exact) mass is 218 g/mol. The van der Waals surface area contributed by atoms with Crippen LogP contribution >= 0.6 is 11.8 Å². The SMILES string of the molecule is NCc1ccnnc1Sc1ccncc1. The van der Waals surface area contributed by atoms with E-state index in [0.717, 1.165) is 15.5 Å². The molecule has 0 radical (unpaired) electrons. The summed E-state index contributed by atoms with van der Waals surface area (Å²) in [5.74, 6) is 0. The van der Waals surface area contributed by atoms with Gasteiger partial charge in [0.15, 0.2) is 0 Å². The molecule has 0 unspecified atom stereocenters. The van der Waals surface area contributed by atoms with Gasteiger partial charge in [0.1, 0.15) is 5.03 Å². The minimum Gasteiger partial charge on any atom is -0.326 e. The lowest BCUT2D eigenvalue weighted by Crippen LogP contribution is -2.00. The molecule has 0 aromatic carbocycles. The number of hydrogen-bond acceptors (Lipinski definition) is 5. The molecule has 2 N–H and O–H groups in total. The topological polar surface area (TPSA) is 64.7 Å². The standard InChI is InChI=1S/C10H10N4S/c11-7-8-1-6-13-14-10(8)15-9-2-4-12-5-3-9/h1-6H,7,11H2. The average Bonchev–Trinajstić information content (AvgIpc) is 2.31. The lowest BCUT2D eigenvalue weighted by Gasteiger charge is -2.03. The van der Waals surface area contributed by atoms with Crippen LogP contribution in [0.25, 0.3) is 0 Å². The predicted octanol–water partition coefficient (Wildman–Crippen LogP) is 1.48. The van der Waals surface area contributed by atoms with Crippen LogP contribution in [0.15, 0.2) is 46.7 Å². The number of pyridine rings is 1. The highest BCUT2D eigenvalue weighted by molar-refractivity contribution is 7.99. The summed E-state index contributed by atoms with van der Waals surface area (Å²) < 4.78 is 0. The molecule has 2 rings (SSSR count). The predicted molar refractivity (Wildman–Crippen MR) is 58.3 cm³/mol. The van der Waals surface area contributed by atoms with Crippen molar-refractivity contribution in [1.82, 2.24) is 15.2 Å². The zero-order valence-corrected chi connectivity index (χ0v) is 8.81. The van der Waals surface area contributed by atoms with Gasteiger partial charge in [-0.15, -0.1) is 5.10 Å². The van der Waals surface area contributed by atoms with Crippen LogP contribution < -0.4 is 5.73 Å². The van der Waals surface area contributed by atoms with Crippen molar-refractivity contribution in [3.63, 3.8) is 0 Å². The Morgan fingerprint density at radius 2 is 1.93 bits per heavy atom. The van der Waals surface area contributed by atoms with Crippen LogP contribution in [0.4, 0.5) is 0 Å². The fourth-order valence-electron chi connectivity index (χ4n) is 1.10. The third-order valence-electron chi connectivity index (χ3n) is 1.85. The minimum absolute atomic E-state index is 0.475. The number of aromatic nitrogens is 3. The summed E-state index contributed by atoms with van der Waals surface area (Å²) in [5.41, 5.74) is 6.62. The van der Waals surface area contributed by atoms with E-state index >= 15 is 0 Å². The van der Waals surface area contributed by atoms with E-state index in [-0.39, 0.29) is 0 Å². The Morgan fingerprint density at radius 1 is 1.13 bits per heavy atom. The summed E-state index contributed by atoms with van der Waals surface area (Å²) in [6.07, 6.45) is 5.15. The summed E-state index contributed by atoms with van der Waals surface area (Å²) in [6.45, 7) is 0.475. The maximum absolute atomic E-state index is 5.61. The van der Waals surface area contributed by atoms with E-state index in [2.05, 4.69) is 15.2 Å². The highest BCUT2D eigenvalue weighted by Gasteiger charge is 2.04. The molecule has 0 fully saturated rings. The molecule has 0 amide bonds. The molecule has 2 aromatic rings. The molecule has 0 aliphatic heterocycles. The normalized spacial score (nSPS) is 10.2. The number of hydrogen-bond donors (Lipinski definition) is 1. The molecule has 4 nitrogen and oxygen atoms in total. The third-order valence-corrected chi connectivity index (χ3v) is 2.89. The van der Waals surface area contributed by atoms with Crippen molar-refractivity contribution in [2.75, 3.05) is 0 Å². The fourth-order valence-corrected chi connectivity index (χ4v) is 1.96. The molecule has 0 aliphatic rings. The Bertz CT molecular complexity index is 432. The van der Waals surface area contributed by atoms with Crippen LogP contribution in [0.5, 0.6) is 0 Å². The van der Waals surface area contributed by atoms with Crippen LogP contribution in [0, 0.1) is 0 Å². The van der Waals surface area contributed by atoms with Gasteiger partial charge in [0.25, 0.3) is 0 Å². The summed E-state index contributed by atoms with van der Waals surface area (Å²) in [5, 5.41) is 8.76.